The van der Waals surface area contributed by atoms with E-state index in [1.54, 1.807) is 0 Å². The Morgan fingerprint density at radius 1 is 0.383 bits per heavy atom. The van der Waals surface area contributed by atoms with Crippen LogP contribution in [0.3, 0.4) is 0 Å². The van der Waals surface area contributed by atoms with E-state index in [2.05, 4.69) is 0 Å². The summed E-state index contributed by atoms with van der Waals surface area (Å²) in [6, 6.07) is 20.0. The van der Waals surface area contributed by atoms with Gasteiger partial charge in [0.2, 0.25) is 0 Å². The van der Waals surface area contributed by atoms with Gasteiger partial charge in [-0.1, -0.05) is 133 Å². The Bertz CT molecular complexity index is 3560. The molecule has 0 bridgehead atoms. The highest BCUT2D eigenvalue weighted by Gasteiger charge is 2.19. The molecule has 218 valence electrons. The fourth-order valence-electron chi connectivity index (χ4n) is 6.74. The third-order valence-corrected chi connectivity index (χ3v) is 8.74. The molecule has 0 unspecified atom stereocenters. The van der Waals surface area contributed by atoms with Crippen molar-refractivity contribution >= 4 is 65.0 Å². The standard InChI is InChI=1S/C46H28O/c1-2-12-29(13-3-1)40-27-34(24-32-16-6-7-17-35(32)40)46-38-20-10-8-18-36(38)45(37-19-9-11-21-39(37)46)33-22-23-43-41(26-33)42-25-30-14-4-5-15-31(30)28-44(42)47-43/h1-28H/i1D,2D,3D,4D,5D,12D,13D,14D,15D,22D,23D,25D,26D,28D. The van der Waals surface area contributed by atoms with E-state index in [1.807, 2.05) is 84.9 Å². The fourth-order valence-corrected chi connectivity index (χ4v) is 6.74. The van der Waals surface area contributed by atoms with Crippen LogP contribution in [0, 0.1) is 0 Å². The molecule has 0 saturated carbocycles. The minimum absolute atomic E-state index is 0.0335. The topological polar surface area (TPSA) is 13.1 Å². The van der Waals surface area contributed by atoms with Gasteiger partial charge in [0.25, 0.3) is 0 Å². The maximum Gasteiger partial charge on any atom is 0.136 e. The van der Waals surface area contributed by atoms with Crippen molar-refractivity contribution in [2.75, 3.05) is 0 Å². The monoisotopic (exact) mass is 610 g/mol. The van der Waals surface area contributed by atoms with Crippen LogP contribution in [-0.2, 0) is 0 Å². The van der Waals surface area contributed by atoms with E-state index in [-0.39, 0.29) is 74.0 Å². The first-order chi connectivity index (χ1) is 29.1. The van der Waals surface area contributed by atoms with Gasteiger partial charge in [-0.3, -0.25) is 0 Å². The Balaban J connectivity index is 1.34. The smallest absolute Gasteiger partial charge is 0.136 e. The van der Waals surface area contributed by atoms with Crippen LogP contribution in [0.1, 0.15) is 19.2 Å². The molecule has 1 nitrogen and oxygen atoms in total. The summed E-state index contributed by atoms with van der Waals surface area (Å²) in [7, 11) is 0. The Kier molecular flexibility index (Phi) is 3.44. The third kappa shape index (κ3) is 4.03. The Hall–Kier alpha value is -6.18. The molecule has 10 rings (SSSR count). The van der Waals surface area contributed by atoms with Gasteiger partial charge in [0.15, 0.2) is 0 Å². The van der Waals surface area contributed by atoms with Gasteiger partial charge in [-0.05, 0) is 113 Å². The predicted octanol–water partition coefficient (Wildman–Crippen LogP) is 13.2. The zero-order chi connectivity index (χ0) is 43.1. The largest absolute Gasteiger partial charge is 0.456 e. The minimum Gasteiger partial charge on any atom is -0.456 e. The molecule has 1 heteroatoms. The van der Waals surface area contributed by atoms with Gasteiger partial charge >= 0.3 is 0 Å². The molecule has 0 amide bonds. The molecule has 0 aliphatic carbocycles. The zero-order valence-corrected chi connectivity index (χ0v) is 24.5. The molecule has 0 N–H and O–H groups in total. The Labute approximate surface area is 291 Å². The van der Waals surface area contributed by atoms with Crippen molar-refractivity contribution in [2.24, 2.45) is 0 Å². The van der Waals surface area contributed by atoms with Crippen molar-refractivity contribution in [3.8, 4) is 33.4 Å². The molecule has 0 saturated heterocycles. The van der Waals surface area contributed by atoms with Crippen LogP contribution in [0.15, 0.2) is 174 Å². The van der Waals surface area contributed by atoms with Crippen LogP contribution in [0.25, 0.3) is 98.4 Å². The average molecular weight is 611 g/mol. The lowest BCUT2D eigenvalue weighted by molar-refractivity contribution is 0.669. The summed E-state index contributed by atoms with van der Waals surface area (Å²) in [4.78, 5) is 0. The number of hydrogen-bond acceptors (Lipinski definition) is 1. The highest BCUT2D eigenvalue weighted by molar-refractivity contribution is 6.23. The number of hydrogen-bond donors (Lipinski definition) is 0. The van der Waals surface area contributed by atoms with Crippen molar-refractivity contribution < 1.29 is 23.6 Å². The van der Waals surface area contributed by atoms with E-state index >= 15 is 0 Å². The highest BCUT2D eigenvalue weighted by atomic mass is 16.3. The molecule has 0 radical (unpaired) electrons. The number of fused-ring (bicyclic) bond motifs is 7. The number of rotatable bonds is 3. The molecule has 9 aromatic carbocycles. The maximum atomic E-state index is 9.79. The SMILES string of the molecule is [2H]c1c([2H])c([2H])c(-c2cc(-c3c4ccccc4c(-c4c([2H])c([2H])c5oc6c([2H])c7c([2H])c([2H])c([2H])c([2H])c7c([2H])c6c5c4[2H])c4ccccc34)cc3ccccc23)c([2H])c1[2H]. The first-order valence-electron chi connectivity index (χ1n) is 22.0. The fraction of sp³-hybridized carbons (Fsp3) is 0. The van der Waals surface area contributed by atoms with Gasteiger partial charge in [0.05, 0.1) is 19.2 Å². The Morgan fingerprint density at radius 2 is 0.957 bits per heavy atom. The summed E-state index contributed by atoms with van der Waals surface area (Å²) in [6.45, 7) is 0. The summed E-state index contributed by atoms with van der Waals surface area (Å²) in [5.41, 5.74) is 1.96. The second-order valence-electron chi connectivity index (χ2n) is 11.3. The van der Waals surface area contributed by atoms with Crippen LogP contribution in [0.4, 0.5) is 0 Å². The molecule has 10 aromatic rings. The molecule has 0 aliphatic heterocycles. The summed E-state index contributed by atoms with van der Waals surface area (Å²) in [6.07, 6.45) is 0. The molecule has 0 fully saturated rings. The van der Waals surface area contributed by atoms with Crippen molar-refractivity contribution in [1.29, 1.82) is 0 Å². The van der Waals surface area contributed by atoms with E-state index < -0.39 is 54.4 Å². The lowest BCUT2D eigenvalue weighted by atomic mass is 9.84. The molecule has 47 heavy (non-hydrogen) atoms. The second-order valence-corrected chi connectivity index (χ2v) is 11.3. The Morgan fingerprint density at radius 3 is 1.66 bits per heavy atom. The van der Waals surface area contributed by atoms with Gasteiger partial charge in [0.1, 0.15) is 11.2 Å². The lowest BCUT2D eigenvalue weighted by Gasteiger charge is -2.19. The molecular weight excluding hydrogens is 569 g/mol. The summed E-state index contributed by atoms with van der Waals surface area (Å²) in [5.74, 6) is 0. The molecule has 0 atom stereocenters. The molecular formula is C46H28O. The van der Waals surface area contributed by atoms with Gasteiger partial charge in [0, 0.05) is 10.8 Å². The molecule has 1 heterocycles. The number of furan rings is 1. The van der Waals surface area contributed by atoms with Crippen LogP contribution < -0.4 is 0 Å². The van der Waals surface area contributed by atoms with E-state index in [0.29, 0.717) is 43.6 Å². The summed E-state index contributed by atoms with van der Waals surface area (Å²) < 4.78 is 129. The zero-order valence-electron chi connectivity index (χ0n) is 38.5. The van der Waals surface area contributed by atoms with Crippen molar-refractivity contribution in [1.82, 2.24) is 0 Å². The first-order valence-corrected chi connectivity index (χ1v) is 15.0. The van der Waals surface area contributed by atoms with Crippen LogP contribution in [0.5, 0.6) is 0 Å². The lowest BCUT2D eigenvalue weighted by Crippen LogP contribution is -1.92. The third-order valence-electron chi connectivity index (χ3n) is 8.74. The maximum absolute atomic E-state index is 9.79. The van der Waals surface area contributed by atoms with Crippen molar-refractivity contribution in [3.05, 3.63) is 170 Å². The van der Waals surface area contributed by atoms with Crippen molar-refractivity contribution in [3.63, 3.8) is 0 Å². The van der Waals surface area contributed by atoms with Crippen molar-refractivity contribution in [2.45, 2.75) is 0 Å². The molecule has 0 aliphatic rings. The highest BCUT2D eigenvalue weighted by Crippen LogP contribution is 2.46. The molecule has 1 aromatic heterocycles. The van der Waals surface area contributed by atoms with Gasteiger partial charge in [-0.25, -0.2) is 0 Å². The quantitative estimate of drug-likeness (QED) is 0.181. The summed E-state index contributed by atoms with van der Waals surface area (Å²) in [5, 5.41) is 3.50. The van der Waals surface area contributed by atoms with Crippen LogP contribution >= 0.6 is 0 Å². The van der Waals surface area contributed by atoms with E-state index in [4.69, 9.17) is 18.1 Å². The molecule has 0 spiro atoms. The summed E-state index contributed by atoms with van der Waals surface area (Å²) >= 11 is 0. The van der Waals surface area contributed by atoms with E-state index in [0.717, 1.165) is 10.9 Å². The first kappa shape index (κ1) is 15.9. The minimum atomic E-state index is -0.580. The average Bonchev–Trinajstić information content (AvgIpc) is 3.68. The predicted molar refractivity (Wildman–Crippen MR) is 200 cm³/mol. The normalized spacial score (nSPS) is 16.0. The van der Waals surface area contributed by atoms with Crippen LogP contribution in [0.2, 0.25) is 0 Å². The van der Waals surface area contributed by atoms with Gasteiger partial charge in [-0.15, -0.1) is 0 Å². The second kappa shape index (κ2) is 10.2. The van der Waals surface area contributed by atoms with E-state index in [1.165, 1.54) is 0 Å². The number of benzene rings is 9. The van der Waals surface area contributed by atoms with Gasteiger partial charge in [-0.2, -0.15) is 0 Å². The van der Waals surface area contributed by atoms with Crippen LogP contribution in [-0.4, -0.2) is 0 Å². The van der Waals surface area contributed by atoms with Gasteiger partial charge < -0.3 is 4.42 Å². The van der Waals surface area contributed by atoms with E-state index in [9.17, 15) is 5.48 Å².